The van der Waals surface area contributed by atoms with E-state index in [0.29, 0.717) is 0 Å². The summed E-state index contributed by atoms with van der Waals surface area (Å²) in [5.41, 5.74) is 7.23. The average molecular weight is 470 g/mol. The van der Waals surface area contributed by atoms with Crippen LogP contribution in [0.2, 0.25) is 0 Å². The molecule has 32 heavy (non-hydrogen) atoms. The molecule has 10 bridgehead atoms. The predicted octanol–water partition coefficient (Wildman–Crippen LogP) is 4.37. The van der Waals surface area contributed by atoms with Crippen molar-refractivity contribution in [3.8, 4) is 45.6 Å². The fraction of sp³-hybridized carbons (Fsp3) is 0.200. The van der Waals surface area contributed by atoms with Crippen molar-refractivity contribution in [2.45, 2.75) is 19.3 Å². The van der Waals surface area contributed by atoms with Crippen molar-refractivity contribution in [1.29, 1.82) is 0 Å². The van der Waals surface area contributed by atoms with E-state index in [9.17, 15) is 0 Å². The second-order valence-corrected chi connectivity index (χ2v) is 8.76. The molecule has 7 heteroatoms. The van der Waals surface area contributed by atoms with Gasteiger partial charge < -0.3 is 19.1 Å². The van der Waals surface area contributed by atoms with E-state index >= 15 is 0 Å². The van der Waals surface area contributed by atoms with Crippen molar-refractivity contribution < 1.29 is 17.1 Å². The van der Waals surface area contributed by atoms with Gasteiger partial charge in [0.25, 0.3) is 0 Å². The van der Waals surface area contributed by atoms with Crippen molar-refractivity contribution in [3.05, 3.63) is 72.3 Å². The van der Waals surface area contributed by atoms with E-state index < -0.39 is 0 Å². The molecule has 4 aromatic heterocycles. The smallest absolute Gasteiger partial charge is 0.659 e. The average Bonchev–Trinajstić information content (AvgIpc) is 3.52. The topological polar surface area (TPSA) is 63.8 Å². The number of nitrogens with zero attached hydrogens (tertiary/aromatic N) is 6. The van der Waals surface area contributed by atoms with Crippen LogP contribution >= 0.6 is 0 Å². The number of rotatable bonds is 0. The van der Waals surface area contributed by atoms with Gasteiger partial charge in [-0.3, -0.25) is 0 Å². The summed E-state index contributed by atoms with van der Waals surface area (Å²) < 4.78 is 4.11. The van der Waals surface area contributed by atoms with Crippen LogP contribution in [0.5, 0.6) is 0 Å². The molecular formula is C25H22CuN6. The van der Waals surface area contributed by atoms with E-state index in [1.165, 1.54) is 0 Å². The van der Waals surface area contributed by atoms with Crippen molar-refractivity contribution >= 4 is 0 Å². The zero-order valence-corrected chi connectivity index (χ0v) is 19.2. The molecule has 0 saturated heterocycles. The predicted molar refractivity (Wildman–Crippen MR) is 120 cm³/mol. The number of benzene rings is 1. The van der Waals surface area contributed by atoms with E-state index in [1.54, 1.807) is 0 Å². The van der Waals surface area contributed by atoms with Gasteiger partial charge in [0.2, 0.25) is 0 Å². The molecule has 5 heterocycles. The maximum Gasteiger partial charge on any atom is 2.00 e. The van der Waals surface area contributed by atoms with Gasteiger partial charge in [-0.05, 0) is 11.5 Å². The van der Waals surface area contributed by atoms with Gasteiger partial charge >= 0.3 is 17.1 Å². The summed E-state index contributed by atoms with van der Waals surface area (Å²) in [6.45, 7) is 4.32. The summed E-state index contributed by atoms with van der Waals surface area (Å²) in [7, 11) is 4.04. The normalized spacial score (nSPS) is 13.6. The Morgan fingerprint density at radius 1 is 0.719 bits per heavy atom. The minimum atomic E-state index is -0.326. The first-order valence-corrected chi connectivity index (χ1v) is 10.4. The molecule has 0 spiro atoms. The molecule has 6 nitrogen and oxygen atoms in total. The van der Waals surface area contributed by atoms with Crippen molar-refractivity contribution in [2.24, 2.45) is 14.1 Å². The van der Waals surface area contributed by atoms with E-state index in [2.05, 4.69) is 59.4 Å². The molecule has 0 aliphatic carbocycles. The number of aromatic nitrogens is 6. The molecule has 163 valence electrons. The third-order valence-corrected chi connectivity index (χ3v) is 6.22. The number of hydrogen-bond acceptors (Lipinski definition) is 2. The third-order valence-electron chi connectivity index (χ3n) is 6.22. The van der Waals surface area contributed by atoms with Gasteiger partial charge in [0.05, 0.1) is 11.4 Å². The molecule has 0 amide bonds. The third kappa shape index (κ3) is 3.00. The van der Waals surface area contributed by atoms with Gasteiger partial charge in [0.15, 0.2) is 0 Å². The van der Waals surface area contributed by atoms with E-state index in [4.69, 9.17) is 19.9 Å². The Morgan fingerprint density at radius 2 is 1.19 bits per heavy atom. The zero-order chi connectivity index (χ0) is 21.3. The Morgan fingerprint density at radius 3 is 1.66 bits per heavy atom. The maximum absolute atomic E-state index is 4.94. The van der Waals surface area contributed by atoms with Gasteiger partial charge in [-0.25, -0.2) is 9.97 Å². The summed E-state index contributed by atoms with van der Waals surface area (Å²) in [5, 5.41) is 0. The van der Waals surface area contributed by atoms with Crippen LogP contribution in [0.25, 0.3) is 45.6 Å². The van der Waals surface area contributed by atoms with Crippen molar-refractivity contribution in [2.75, 3.05) is 0 Å². The summed E-state index contributed by atoms with van der Waals surface area (Å²) >= 11 is 0. The second-order valence-electron chi connectivity index (χ2n) is 8.76. The Balaban J connectivity index is 0.00000216. The van der Waals surface area contributed by atoms with Gasteiger partial charge in [0.1, 0.15) is 11.6 Å². The second kappa shape index (κ2) is 7.12. The summed E-state index contributed by atoms with van der Waals surface area (Å²) in [5.74, 6) is 1.81. The minimum Gasteiger partial charge on any atom is -0.659 e. The molecule has 1 radical (unpaired) electrons. The molecule has 0 fully saturated rings. The molecule has 0 unspecified atom stereocenters. The molecule has 0 N–H and O–H groups in total. The minimum absolute atomic E-state index is 0. The van der Waals surface area contributed by atoms with Crippen LogP contribution in [-0.2, 0) is 36.6 Å². The first-order chi connectivity index (χ1) is 14.9. The molecule has 1 aliphatic heterocycles. The molecule has 1 aliphatic rings. The Kier molecular flexibility index (Phi) is 4.59. The Labute approximate surface area is 197 Å². The van der Waals surface area contributed by atoms with Crippen molar-refractivity contribution in [1.82, 2.24) is 29.1 Å². The van der Waals surface area contributed by atoms with Crippen LogP contribution in [-0.4, -0.2) is 19.1 Å². The molecule has 6 rings (SSSR count). The monoisotopic (exact) mass is 469 g/mol. The van der Waals surface area contributed by atoms with E-state index in [1.807, 2.05) is 38.6 Å². The Bertz CT molecular complexity index is 1340. The van der Waals surface area contributed by atoms with Gasteiger partial charge in [-0.15, -0.1) is 11.4 Å². The largest absolute Gasteiger partial charge is 2.00 e. The van der Waals surface area contributed by atoms with Crippen LogP contribution in [0.15, 0.2) is 60.9 Å². The van der Waals surface area contributed by atoms with Crippen LogP contribution in [0.4, 0.5) is 0 Å². The van der Waals surface area contributed by atoms with Crippen LogP contribution in [0, 0.1) is 0 Å². The number of hydrogen-bond donors (Lipinski definition) is 0. The van der Waals surface area contributed by atoms with Crippen LogP contribution in [0.1, 0.15) is 25.2 Å². The fourth-order valence-corrected chi connectivity index (χ4v) is 4.35. The fourth-order valence-electron chi connectivity index (χ4n) is 4.35. The SMILES string of the molecule is Cn1cc2nc1-c1cccc(c1)-c1nc(cn1C)-c1ccc([n-]1)C(C)(C)c1ccc-2[n-]1.[Cu+2]. The summed E-state index contributed by atoms with van der Waals surface area (Å²) in [6, 6.07) is 16.6. The zero-order valence-electron chi connectivity index (χ0n) is 18.3. The Hall–Kier alpha value is -3.28. The molecular weight excluding hydrogens is 448 g/mol. The van der Waals surface area contributed by atoms with Gasteiger partial charge in [0, 0.05) is 37.6 Å². The molecule has 1 aromatic carbocycles. The van der Waals surface area contributed by atoms with E-state index in [0.717, 1.165) is 56.9 Å². The first kappa shape index (κ1) is 20.6. The first-order valence-electron chi connectivity index (χ1n) is 10.4. The number of imidazole rings is 2. The molecule has 0 saturated carbocycles. The maximum atomic E-state index is 4.94. The molecule has 0 atom stereocenters. The summed E-state index contributed by atoms with van der Waals surface area (Å²) in [6.07, 6.45) is 4.08. The quantitative estimate of drug-likeness (QED) is 0.316. The van der Waals surface area contributed by atoms with Gasteiger partial charge in [-0.2, -0.15) is 11.4 Å². The number of fused-ring (bicyclic) bond motifs is 14. The van der Waals surface area contributed by atoms with Crippen LogP contribution in [0.3, 0.4) is 0 Å². The standard InChI is InChI=1S/C25H22N6.Cu/c1-25(2)21-10-8-17(26-21)19-13-30(3)23(28-19)15-6-5-7-16(12-15)24-29-20(14-31(24)4)18-9-11-22(25)27-18;/h5-14H,1-4H3;/q-2;+2. The number of aryl methyl sites for hydroxylation is 2. The van der Waals surface area contributed by atoms with Crippen LogP contribution < -0.4 is 9.97 Å². The van der Waals surface area contributed by atoms with Crippen molar-refractivity contribution in [3.63, 3.8) is 0 Å². The van der Waals surface area contributed by atoms with Gasteiger partial charge in [-0.1, -0.05) is 56.3 Å². The molecule has 5 aromatic rings. The summed E-state index contributed by atoms with van der Waals surface area (Å²) in [4.78, 5) is 19.7. The van der Waals surface area contributed by atoms with E-state index in [-0.39, 0.29) is 22.5 Å².